The number of nitrogens with one attached hydrogen (secondary N) is 2. The summed E-state index contributed by atoms with van der Waals surface area (Å²) in [5.74, 6) is -1.40. The second-order valence-electron chi connectivity index (χ2n) is 6.90. The van der Waals surface area contributed by atoms with Crippen molar-refractivity contribution in [3.63, 3.8) is 0 Å². The Bertz CT molecular complexity index is 1030. The molecule has 1 aromatic carbocycles. The van der Waals surface area contributed by atoms with Gasteiger partial charge in [-0.15, -0.1) is 0 Å². The number of hydrogen-bond acceptors (Lipinski definition) is 3. The predicted molar refractivity (Wildman–Crippen MR) is 104 cm³/mol. The van der Waals surface area contributed by atoms with Crippen LogP contribution in [0.3, 0.4) is 0 Å². The van der Waals surface area contributed by atoms with Gasteiger partial charge in [0.25, 0.3) is 11.7 Å². The number of Topliss-reactive ketones (excluding diaryl/α,β-unsaturated/α-hetero) is 1. The van der Waals surface area contributed by atoms with Crippen molar-refractivity contribution in [3.05, 3.63) is 90.3 Å². The van der Waals surface area contributed by atoms with Crippen molar-refractivity contribution in [2.24, 2.45) is 0 Å². The van der Waals surface area contributed by atoms with E-state index in [0.717, 1.165) is 5.56 Å². The molecule has 1 saturated heterocycles. The summed E-state index contributed by atoms with van der Waals surface area (Å²) in [5, 5.41) is 10.9. The van der Waals surface area contributed by atoms with Crippen molar-refractivity contribution in [2.45, 2.75) is 19.0 Å². The summed E-state index contributed by atoms with van der Waals surface area (Å²) in [7, 11) is 0. The maximum Gasteiger partial charge on any atom is 0.295 e. The van der Waals surface area contributed by atoms with Gasteiger partial charge in [-0.05, 0) is 6.07 Å². The lowest BCUT2D eigenvalue weighted by molar-refractivity contribution is -0.695. The number of aryl methyl sites for hydroxylation is 1. The molecular formula is C22H22N4O3+2. The number of hydrogen-bond donors (Lipinski definition) is 2. The van der Waals surface area contributed by atoms with Gasteiger partial charge in [0.15, 0.2) is 12.4 Å². The highest BCUT2D eigenvalue weighted by Crippen LogP contribution is 2.38. The molecule has 0 bridgehead atoms. The summed E-state index contributed by atoms with van der Waals surface area (Å²) in [6.45, 7) is 1.10. The fourth-order valence-electron chi connectivity index (χ4n) is 3.67. The van der Waals surface area contributed by atoms with E-state index in [0.29, 0.717) is 25.1 Å². The van der Waals surface area contributed by atoms with Crippen LogP contribution in [0.4, 0.5) is 0 Å². The van der Waals surface area contributed by atoms with E-state index in [1.54, 1.807) is 41.6 Å². The van der Waals surface area contributed by atoms with Crippen LogP contribution in [0.5, 0.6) is 0 Å². The first-order chi connectivity index (χ1) is 14.2. The van der Waals surface area contributed by atoms with Crippen molar-refractivity contribution >= 4 is 17.4 Å². The van der Waals surface area contributed by atoms with E-state index in [1.807, 2.05) is 41.5 Å². The summed E-state index contributed by atoms with van der Waals surface area (Å²) >= 11 is 0. The summed E-state index contributed by atoms with van der Waals surface area (Å²) in [5.41, 5.74) is 1.38. The number of ketones is 1. The van der Waals surface area contributed by atoms with Crippen molar-refractivity contribution < 1.29 is 24.2 Å². The van der Waals surface area contributed by atoms with Gasteiger partial charge in [-0.25, -0.2) is 9.55 Å². The van der Waals surface area contributed by atoms with Gasteiger partial charge in [-0.2, -0.15) is 0 Å². The number of carbonyl (C=O) groups is 2. The molecule has 0 spiro atoms. The molecule has 1 atom stereocenters. The number of aliphatic hydroxyl groups excluding tert-OH is 1. The molecule has 1 amide bonds. The molecule has 4 rings (SSSR count). The average Bonchev–Trinajstić information content (AvgIpc) is 3.37. The molecule has 3 N–H and O–H groups in total. The Morgan fingerprint density at radius 3 is 2.69 bits per heavy atom. The van der Waals surface area contributed by atoms with Crippen LogP contribution in [0, 0.1) is 0 Å². The molecule has 0 radical (unpaired) electrons. The first-order valence-corrected chi connectivity index (χ1v) is 9.48. The second-order valence-corrected chi connectivity index (χ2v) is 6.90. The SMILES string of the molecule is O=C1C(=O)N(CCC[n+]2cc[nH]c2)C(c2ccc[nH+]c2)C1=C(O)c1ccccc1. The van der Waals surface area contributed by atoms with E-state index in [9.17, 15) is 14.7 Å². The van der Waals surface area contributed by atoms with Gasteiger partial charge in [0, 0.05) is 30.2 Å². The maximum atomic E-state index is 12.9. The number of pyridine rings is 1. The highest BCUT2D eigenvalue weighted by Gasteiger charge is 2.46. The molecule has 3 heterocycles. The second kappa shape index (κ2) is 8.10. The number of benzene rings is 1. The lowest BCUT2D eigenvalue weighted by Crippen LogP contribution is -2.36. The number of carbonyl (C=O) groups excluding carboxylic acids is 2. The lowest BCUT2D eigenvalue weighted by atomic mass is 9.96. The zero-order valence-electron chi connectivity index (χ0n) is 15.8. The molecule has 146 valence electrons. The molecule has 1 fully saturated rings. The zero-order chi connectivity index (χ0) is 20.2. The summed E-state index contributed by atoms with van der Waals surface area (Å²) in [4.78, 5) is 33.2. The van der Waals surface area contributed by atoms with Crippen molar-refractivity contribution in [1.82, 2.24) is 9.88 Å². The van der Waals surface area contributed by atoms with Crippen molar-refractivity contribution in [3.8, 4) is 0 Å². The largest absolute Gasteiger partial charge is 0.507 e. The fourth-order valence-corrected chi connectivity index (χ4v) is 3.67. The molecule has 7 heteroatoms. The highest BCUT2D eigenvalue weighted by atomic mass is 16.3. The molecule has 1 aliphatic heterocycles. The maximum absolute atomic E-state index is 12.9. The van der Waals surface area contributed by atoms with Gasteiger partial charge in [0.1, 0.15) is 18.2 Å². The van der Waals surface area contributed by atoms with E-state index in [-0.39, 0.29) is 11.3 Å². The number of aromatic nitrogens is 3. The Balaban J connectivity index is 1.70. The third-order valence-corrected chi connectivity index (χ3v) is 5.05. The van der Waals surface area contributed by atoms with Crippen LogP contribution in [0.1, 0.15) is 23.6 Å². The Morgan fingerprint density at radius 2 is 2.00 bits per heavy atom. The van der Waals surface area contributed by atoms with E-state index in [4.69, 9.17) is 0 Å². The van der Waals surface area contributed by atoms with Crippen LogP contribution < -0.4 is 9.55 Å². The smallest absolute Gasteiger partial charge is 0.295 e. The minimum atomic E-state index is -0.658. The third kappa shape index (κ3) is 3.67. The Kier molecular flexibility index (Phi) is 5.20. The Labute approximate surface area is 168 Å². The Morgan fingerprint density at radius 1 is 1.17 bits per heavy atom. The quantitative estimate of drug-likeness (QED) is 0.290. The van der Waals surface area contributed by atoms with Gasteiger partial charge < -0.3 is 10.0 Å². The van der Waals surface area contributed by atoms with Gasteiger partial charge in [0.2, 0.25) is 6.33 Å². The van der Waals surface area contributed by atoms with Crippen LogP contribution in [-0.2, 0) is 16.1 Å². The van der Waals surface area contributed by atoms with Crippen LogP contribution in [0.25, 0.3) is 5.76 Å². The van der Waals surface area contributed by atoms with Crippen LogP contribution in [0.2, 0.25) is 0 Å². The van der Waals surface area contributed by atoms with Crippen LogP contribution in [0.15, 0.2) is 79.2 Å². The number of aromatic amines is 2. The van der Waals surface area contributed by atoms with E-state index < -0.39 is 17.7 Å². The average molecular weight is 390 g/mol. The number of amides is 1. The van der Waals surface area contributed by atoms with Gasteiger partial charge in [0.05, 0.1) is 18.2 Å². The van der Waals surface area contributed by atoms with E-state index in [1.165, 1.54) is 0 Å². The number of likely N-dealkylation sites (tertiary alicyclic amines) is 1. The Hall–Kier alpha value is -3.74. The number of nitrogens with zero attached hydrogens (tertiary/aromatic N) is 2. The normalized spacial score (nSPS) is 18.3. The molecule has 3 aromatic rings. The van der Waals surface area contributed by atoms with Gasteiger partial charge >= 0.3 is 0 Å². The molecular weight excluding hydrogens is 368 g/mol. The summed E-state index contributed by atoms with van der Waals surface area (Å²) < 4.78 is 1.98. The number of imidazole rings is 1. The molecule has 0 aliphatic carbocycles. The van der Waals surface area contributed by atoms with Gasteiger partial charge in [-0.3, -0.25) is 14.6 Å². The predicted octanol–water partition coefficient (Wildman–Crippen LogP) is 1.63. The van der Waals surface area contributed by atoms with Crippen molar-refractivity contribution in [1.29, 1.82) is 0 Å². The van der Waals surface area contributed by atoms with E-state index in [2.05, 4.69) is 9.97 Å². The number of rotatable bonds is 6. The minimum Gasteiger partial charge on any atom is -0.507 e. The molecule has 0 saturated carbocycles. The summed E-state index contributed by atoms with van der Waals surface area (Å²) in [6, 6.07) is 11.9. The molecule has 1 aliphatic rings. The molecule has 7 nitrogen and oxygen atoms in total. The van der Waals surface area contributed by atoms with Crippen LogP contribution >= 0.6 is 0 Å². The topological polar surface area (TPSA) is 91.4 Å². The standard InChI is InChI=1S/C22H20N4O3/c27-20(16-6-2-1-3-7-16)18-19(17-8-4-9-23-14-17)26(22(29)21(18)28)12-5-11-25-13-10-24-15-25/h1-4,6-10,13-15,19H,5,11-12H2,(H,27,28)/p+2. The highest BCUT2D eigenvalue weighted by molar-refractivity contribution is 6.46. The molecule has 1 unspecified atom stereocenters. The minimum absolute atomic E-state index is 0.120. The molecule has 29 heavy (non-hydrogen) atoms. The monoisotopic (exact) mass is 390 g/mol. The lowest BCUT2D eigenvalue weighted by Gasteiger charge is -2.23. The first kappa shape index (κ1) is 18.6. The zero-order valence-corrected chi connectivity index (χ0v) is 15.8. The number of aliphatic hydroxyl groups is 1. The van der Waals surface area contributed by atoms with E-state index >= 15 is 0 Å². The van der Waals surface area contributed by atoms with Gasteiger partial charge in [-0.1, -0.05) is 30.3 Å². The summed E-state index contributed by atoms with van der Waals surface area (Å²) in [6.07, 6.45) is 9.76. The van der Waals surface area contributed by atoms with Crippen molar-refractivity contribution in [2.75, 3.05) is 6.54 Å². The molecule has 2 aromatic heterocycles. The first-order valence-electron chi connectivity index (χ1n) is 9.48. The van der Waals surface area contributed by atoms with Crippen LogP contribution in [-0.4, -0.2) is 33.2 Å². The number of H-pyrrole nitrogens is 2. The fraction of sp³-hybridized carbons (Fsp3) is 0.182. The third-order valence-electron chi connectivity index (χ3n) is 5.05.